The Morgan fingerprint density at radius 3 is 1.77 bits per heavy atom. The molecular weight excluding hydrogens is 378 g/mol. The lowest BCUT2D eigenvalue weighted by atomic mass is 10.2. The molecule has 0 N–H and O–H groups in total. The molecular formula is C16H25N3O5S2. The third-order valence-electron chi connectivity index (χ3n) is 4.06. The van der Waals surface area contributed by atoms with Crippen molar-refractivity contribution in [3.05, 3.63) is 17.7 Å². The minimum atomic E-state index is -4.02. The van der Waals surface area contributed by atoms with Crippen molar-refractivity contribution < 1.29 is 21.6 Å². The zero-order chi connectivity index (χ0) is 20.1. The minimum Gasteiger partial charge on any atom is -0.211 e. The number of hydrogen-bond acceptors (Lipinski definition) is 6. The van der Waals surface area contributed by atoms with Gasteiger partial charge in [-0.3, -0.25) is 0 Å². The Morgan fingerprint density at radius 1 is 0.885 bits per heavy atom. The lowest BCUT2D eigenvalue weighted by Crippen LogP contribution is -2.32. The van der Waals surface area contributed by atoms with Gasteiger partial charge in [0, 0.05) is 26.2 Å². The van der Waals surface area contributed by atoms with E-state index < -0.39 is 20.0 Å². The number of sulfonamides is 2. The Morgan fingerprint density at radius 2 is 1.35 bits per heavy atom. The van der Waals surface area contributed by atoms with Gasteiger partial charge in [-0.2, -0.15) is 13.6 Å². The van der Waals surface area contributed by atoms with Gasteiger partial charge in [0.1, 0.15) is 4.90 Å². The van der Waals surface area contributed by atoms with Crippen LogP contribution in [0.15, 0.2) is 26.9 Å². The van der Waals surface area contributed by atoms with E-state index >= 15 is 0 Å². The van der Waals surface area contributed by atoms with E-state index in [-0.39, 0.29) is 47.2 Å². The molecule has 0 saturated heterocycles. The maximum Gasteiger partial charge on any atom is 0.245 e. The molecule has 0 amide bonds. The Kier molecular flexibility index (Phi) is 7.67. The summed E-state index contributed by atoms with van der Waals surface area (Å²) in [6.45, 7) is 9.18. The van der Waals surface area contributed by atoms with Gasteiger partial charge < -0.3 is 0 Å². The SMILES string of the molecule is CCN(CC)S(=O)(=O)c1cc(C)c(N=C=O)c(S(=O)(=O)N(CC)CC)c1. The van der Waals surface area contributed by atoms with Crippen molar-refractivity contribution in [1.29, 1.82) is 0 Å². The van der Waals surface area contributed by atoms with Gasteiger partial charge in [-0.15, -0.1) is 0 Å². The zero-order valence-corrected chi connectivity index (χ0v) is 17.3. The topological polar surface area (TPSA) is 104 Å². The molecule has 0 radical (unpaired) electrons. The molecule has 1 rings (SSSR count). The second-order valence-electron chi connectivity index (χ2n) is 5.47. The third-order valence-corrected chi connectivity index (χ3v) is 8.15. The Hall–Kier alpha value is -1.58. The smallest absolute Gasteiger partial charge is 0.211 e. The molecule has 8 nitrogen and oxygen atoms in total. The number of aliphatic imine (C=N–C) groups is 1. The van der Waals surface area contributed by atoms with Gasteiger partial charge in [0.15, 0.2) is 0 Å². The normalized spacial score (nSPS) is 12.4. The van der Waals surface area contributed by atoms with E-state index in [9.17, 15) is 21.6 Å². The first-order valence-electron chi connectivity index (χ1n) is 8.34. The van der Waals surface area contributed by atoms with Crippen molar-refractivity contribution in [2.24, 2.45) is 4.99 Å². The van der Waals surface area contributed by atoms with Crippen LogP contribution in [-0.4, -0.2) is 57.7 Å². The standard InChI is InChI=1S/C16H25N3O5S2/c1-6-18(7-2)25(21,22)14-10-13(5)16(17-12-20)15(11-14)26(23,24)19(8-3)9-4/h10-11H,6-9H2,1-5H3. The van der Waals surface area contributed by atoms with Crippen LogP contribution >= 0.6 is 0 Å². The highest BCUT2D eigenvalue weighted by atomic mass is 32.2. The van der Waals surface area contributed by atoms with Crippen LogP contribution in [-0.2, 0) is 24.8 Å². The van der Waals surface area contributed by atoms with E-state index in [1.165, 1.54) is 27.7 Å². The molecule has 0 fully saturated rings. The van der Waals surface area contributed by atoms with Gasteiger partial charge in [-0.1, -0.05) is 27.7 Å². The molecule has 0 bridgehead atoms. The van der Waals surface area contributed by atoms with Crippen LogP contribution in [0.4, 0.5) is 5.69 Å². The van der Waals surface area contributed by atoms with Gasteiger partial charge in [-0.05, 0) is 24.6 Å². The monoisotopic (exact) mass is 403 g/mol. The summed E-state index contributed by atoms with van der Waals surface area (Å²) in [7, 11) is -7.89. The number of isocyanates is 1. The molecule has 0 saturated carbocycles. The zero-order valence-electron chi connectivity index (χ0n) is 15.7. The quantitative estimate of drug-likeness (QED) is 0.463. The van der Waals surface area contributed by atoms with Crippen molar-refractivity contribution in [2.75, 3.05) is 26.2 Å². The number of aryl methyl sites for hydroxylation is 1. The molecule has 0 aliphatic carbocycles. The van der Waals surface area contributed by atoms with Crippen molar-refractivity contribution in [3.8, 4) is 0 Å². The Balaban J connectivity index is 3.85. The summed E-state index contributed by atoms with van der Waals surface area (Å²) in [6, 6.07) is 2.40. The maximum absolute atomic E-state index is 13.0. The lowest BCUT2D eigenvalue weighted by molar-refractivity contribution is 0.443. The van der Waals surface area contributed by atoms with E-state index in [2.05, 4.69) is 4.99 Å². The summed E-state index contributed by atoms with van der Waals surface area (Å²) in [5.41, 5.74) is 0.178. The van der Waals surface area contributed by atoms with Crippen LogP contribution in [0, 0.1) is 6.92 Å². The number of rotatable bonds is 9. The molecule has 0 aliphatic heterocycles. The fraction of sp³-hybridized carbons (Fsp3) is 0.562. The van der Waals surface area contributed by atoms with Crippen molar-refractivity contribution in [1.82, 2.24) is 8.61 Å². The van der Waals surface area contributed by atoms with Crippen molar-refractivity contribution in [2.45, 2.75) is 44.4 Å². The largest absolute Gasteiger partial charge is 0.245 e. The van der Waals surface area contributed by atoms with Crippen LogP contribution < -0.4 is 0 Å². The molecule has 146 valence electrons. The third kappa shape index (κ3) is 4.21. The first kappa shape index (κ1) is 22.5. The summed E-state index contributed by atoms with van der Waals surface area (Å²) in [5, 5.41) is 0. The summed E-state index contributed by atoms with van der Waals surface area (Å²) in [6.07, 6.45) is 1.35. The molecule has 1 aromatic carbocycles. The molecule has 0 spiro atoms. The molecule has 0 aliphatic rings. The second kappa shape index (κ2) is 8.88. The van der Waals surface area contributed by atoms with Crippen molar-refractivity contribution in [3.63, 3.8) is 0 Å². The molecule has 26 heavy (non-hydrogen) atoms. The van der Waals surface area contributed by atoms with Gasteiger partial charge in [0.2, 0.25) is 26.1 Å². The van der Waals surface area contributed by atoms with Crippen LogP contribution in [0.3, 0.4) is 0 Å². The maximum atomic E-state index is 13.0. The Bertz CT molecular complexity index is 896. The number of nitrogens with zero attached hydrogens (tertiary/aromatic N) is 3. The number of carbonyl (C=O) groups excluding carboxylic acids is 1. The van der Waals surface area contributed by atoms with Gasteiger partial charge in [-0.25, -0.2) is 21.6 Å². The second-order valence-corrected chi connectivity index (χ2v) is 9.31. The lowest BCUT2D eigenvalue weighted by Gasteiger charge is -2.22. The van der Waals surface area contributed by atoms with E-state index in [0.717, 1.165) is 6.07 Å². The molecule has 0 atom stereocenters. The minimum absolute atomic E-state index is 0.0922. The Labute approximate surface area is 155 Å². The first-order valence-corrected chi connectivity index (χ1v) is 11.2. The van der Waals surface area contributed by atoms with Crippen LogP contribution in [0.25, 0.3) is 0 Å². The number of benzene rings is 1. The van der Waals surface area contributed by atoms with E-state index in [1.54, 1.807) is 27.7 Å². The van der Waals surface area contributed by atoms with Crippen LogP contribution in [0.5, 0.6) is 0 Å². The fourth-order valence-electron chi connectivity index (χ4n) is 2.66. The molecule has 0 heterocycles. The van der Waals surface area contributed by atoms with Gasteiger partial charge in [0.25, 0.3) is 0 Å². The average Bonchev–Trinajstić information content (AvgIpc) is 2.58. The average molecular weight is 404 g/mol. The molecule has 10 heteroatoms. The first-order chi connectivity index (χ1) is 12.1. The van der Waals surface area contributed by atoms with Gasteiger partial charge >= 0.3 is 0 Å². The fourth-order valence-corrected chi connectivity index (χ4v) is 5.99. The number of hydrogen-bond donors (Lipinski definition) is 0. The predicted octanol–water partition coefficient (Wildman–Crippen LogP) is 2.02. The van der Waals surface area contributed by atoms with E-state index in [4.69, 9.17) is 0 Å². The summed E-state index contributed by atoms with van der Waals surface area (Å²) in [5.74, 6) is 0. The summed E-state index contributed by atoms with van der Waals surface area (Å²) in [4.78, 5) is 13.8. The van der Waals surface area contributed by atoms with Crippen molar-refractivity contribution >= 4 is 31.8 Å². The highest BCUT2D eigenvalue weighted by molar-refractivity contribution is 7.90. The van der Waals surface area contributed by atoms with Gasteiger partial charge in [0.05, 0.1) is 10.6 Å². The van der Waals surface area contributed by atoms with E-state index in [1.807, 2.05) is 0 Å². The highest BCUT2D eigenvalue weighted by Gasteiger charge is 2.30. The van der Waals surface area contributed by atoms with E-state index in [0.29, 0.717) is 0 Å². The van der Waals surface area contributed by atoms with Crippen LogP contribution in [0.1, 0.15) is 33.3 Å². The predicted molar refractivity (Wildman–Crippen MR) is 99.2 cm³/mol. The molecule has 1 aromatic rings. The summed E-state index contributed by atoms with van der Waals surface area (Å²) >= 11 is 0. The molecule has 0 aromatic heterocycles. The summed E-state index contributed by atoms with van der Waals surface area (Å²) < 4.78 is 54.0. The van der Waals surface area contributed by atoms with Crippen LogP contribution in [0.2, 0.25) is 0 Å². The highest BCUT2D eigenvalue weighted by Crippen LogP contribution is 2.34. The molecule has 0 unspecified atom stereocenters.